The number of halogens is 1. The maximum absolute atomic E-state index is 5.73. The monoisotopic (exact) mass is 332 g/mol. The van der Waals surface area contributed by atoms with Gasteiger partial charge in [-0.25, -0.2) is 0 Å². The fourth-order valence-electron chi connectivity index (χ4n) is 2.47. The molecule has 1 aromatic rings. The zero-order valence-electron chi connectivity index (χ0n) is 10.9. The lowest BCUT2D eigenvalue weighted by molar-refractivity contribution is 0.481. The minimum atomic E-state index is 0.328. The van der Waals surface area contributed by atoms with E-state index in [-0.39, 0.29) is 0 Å². The normalized spacial score (nSPS) is 21.4. The van der Waals surface area contributed by atoms with E-state index in [1.54, 1.807) is 0 Å². The van der Waals surface area contributed by atoms with Crippen molar-refractivity contribution in [2.45, 2.75) is 43.9 Å². The quantitative estimate of drug-likeness (QED) is 0.639. The predicted molar refractivity (Wildman–Crippen MR) is 80.6 cm³/mol. The number of hydrazine groups is 1. The van der Waals surface area contributed by atoms with Gasteiger partial charge in [0.1, 0.15) is 0 Å². The molecule has 2 rings (SSSR count). The van der Waals surface area contributed by atoms with Gasteiger partial charge in [-0.2, -0.15) is 16.9 Å². The van der Waals surface area contributed by atoms with Crippen molar-refractivity contribution in [3.05, 3.63) is 15.9 Å². The Morgan fingerprint density at radius 2 is 2.44 bits per heavy atom. The molecule has 2 heterocycles. The summed E-state index contributed by atoms with van der Waals surface area (Å²) in [4.78, 5) is 0. The Bertz CT molecular complexity index is 401. The zero-order chi connectivity index (χ0) is 13.1. The lowest BCUT2D eigenvalue weighted by Gasteiger charge is -2.22. The molecule has 2 atom stereocenters. The summed E-state index contributed by atoms with van der Waals surface area (Å²) in [5, 5.41) is 5.16. The number of hydrogen-bond acceptors (Lipinski definition) is 4. The van der Waals surface area contributed by atoms with E-state index in [2.05, 4.69) is 33.4 Å². The van der Waals surface area contributed by atoms with E-state index >= 15 is 0 Å². The maximum atomic E-state index is 5.73. The predicted octanol–water partition coefficient (Wildman–Crippen LogP) is 2.02. The van der Waals surface area contributed by atoms with Gasteiger partial charge in [-0.1, -0.05) is 6.92 Å². The molecule has 3 N–H and O–H groups in total. The molecule has 6 heteroatoms. The smallest absolute Gasteiger partial charge is 0.0766 e. The SMILES string of the molecule is CCc1nn(C)c(CC(NN)C2CCCS2)c1Br. The van der Waals surface area contributed by atoms with Gasteiger partial charge in [0.15, 0.2) is 0 Å². The Balaban J connectivity index is 2.13. The zero-order valence-corrected chi connectivity index (χ0v) is 13.4. The standard InChI is InChI=1S/C12H21BrN4S/c1-3-8-12(13)10(17(2)16-8)7-9(15-14)11-5-4-6-18-11/h9,11,15H,3-7,14H2,1-2H3. The molecule has 0 bridgehead atoms. The van der Waals surface area contributed by atoms with Crippen molar-refractivity contribution in [2.24, 2.45) is 12.9 Å². The Labute approximate surface area is 121 Å². The average Bonchev–Trinajstić information content (AvgIpc) is 2.97. The first kappa shape index (κ1) is 14.4. The van der Waals surface area contributed by atoms with Gasteiger partial charge in [-0.05, 0) is 40.9 Å². The van der Waals surface area contributed by atoms with Crippen LogP contribution in [0.4, 0.5) is 0 Å². The van der Waals surface area contributed by atoms with Crippen molar-refractivity contribution < 1.29 is 0 Å². The molecule has 1 saturated heterocycles. The summed E-state index contributed by atoms with van der Waals surface area (Å²) in [6, 6.07) is 0.328. The van der Waals surface area contributed by atoms with E-state index < -0.39 is 0 Å². The summed E-state index contributed by atoms with van der Waals surface area (Å²) in [5.74, 6) is 6.99. The molecule has 1 fully saturated rings. The first-order valence-corrected chi connectivity index (χ1v) is 8.29. The van der Waals surface area contributed by atoms with Crippen molar-refractivity contribution in [1.82, 2.24) is 15.2 Å². The second-order valence-corrected chi connectivity index (χ2v) is 6.85. The number of nitrogens with one attached hydrogen (secondary N) is 1. The molecule has 0 saturated carbocycles. The minimum absolute atomic E-state index is 0.328. The highest BCUT2D eigenvalue weighted by Gasteiger charge is 2.27. The minimum Gasteiger partial charge on any atom is -0.271 e. The van der Waals surface area contributed by atoms with Crippen LogP contribution in [0.3, 0.4) is 0 Å². The Hall–Kier alpha value is -0.0400. The van der Waals surface area contributed by atoms with Crippen LogP contribution in [0.5, 0.6) is 0 Å². The van der Waals surface area contributed by atoms with Crippen LogP contribution in [0.2, 0.25) is 0 Å². The highest BCUT2D eigenvalue weighted by molar-refractivity contribution is 9.10. The number of aromatic nitrogens is 2. The molecule has 1 aliphatic rings. The topological polar surface area (TPSA) is 55.9 Å². The van der Waals surface area contributed by atoms with Gasteiger partial charge in [0.05, 0.1) is 15.9 Å². The summed E-state index contributed by atoms with van der Waals surface area (Å²) in [7, 11) is 2.01. The third-order valence-electron chi connectivity index (χ3n) is 3.54. The molecule has 102 valence electrons. The molecule has 18 heavy (non-hydrogen) atoms. The summed E-state index contributed by atoms with van der Waals surface area (Å²) in [6.45, 7) is 2.13. The van der Waals surface area contributed by atoms with Crippen molar-refractivity contribution in [1.29, 1.82) is 0 Å². The van der Waals surface area contributed by atoms with Crippen LogP contribution < -0.4 is 11.3 Å². The number of aryl methyl sites for hydroxylation is 2. The van der Waals surface area contributed by atoms with E-state index in [0.717, 1.165) is 23.0 Å². The molecular formula is C12H21BrN4S. The van der Waals surface area contributed by atoms with Crippen molar-refractivity contribution >= 4 is 27.7 Å². The van der Waals surface area contributed by atoms with Crippen LogP contribution in [0.15, 0.2) is 4.47 Å². The van der Waals surface area contributed by atoms with Crippen LogP contribution in [0.25, 0.3) is 0 Å². The molecule has 4 nitrogen and oxygen atoms in total. The number of nitrogens with zero attached hydrogens (tertiary/aromatic N) is 2. The third kappa shape index (κ3) is 2.92. The lowest BCUT2D eigenvalue weighted by Crippen LogP contribution is -2.43. The molecule has 0 amide bonds. The van der Waals surface area contributed by atoms with E-state index in [1.807, 2.05) is 23.5 Å². The molecule has 0 spiro atoms. The average molecular weight is 333 g/mol. The van der Waals surface area contributed by atoms with Crippen molar-refractivity contribution in [3.63, 3.8) is 0 Å². The second-order valence-electron chi connectivity index (χ2n) is 4.71. The summed E-state index contributed by atoms with van der Waals surface area (Å²) >= 11 is 5.70. The van der Waals surface area contributed by atoms with Gasteiger partial charge < -0.3 is 0 Å². The van der Waals surface area contributed by atoms with Crippen molar-refractivity contribution in [3.8, 4) is 0 Å². The highest BCUT2D eigenvalue weighted by atomic mass is 79.9. The largest absolute Gasteiger partial charge is 0.271 e. The van der Waals surface area contributed by atoms with E-state index in [0.29, 0.717) is 11.3 Å². The number of nitrogens with two attached hydrogens (primary N) is 1. The maximum Gasteiger partial charge on any atom is 0.0766 e. The number of rotatable bonds is 5. The van der Waals surface area contributed by atoms with Crippen LogP contribution in [-0.2, 0) is 19.9 Å². The Kier molecular flexibility index (Phi) is 5.12. The van der Waals surface area contributed by atoms with Gasteiger partial charge in [0.25, 0.3) is 0 Å². The number of hydrogen-bond donors (Lipinski definition) is 2. The van der Waals surface area contributed by atoms with Gasteiger partial charge in [-0.15, -0.1) is 0 Å². The lowest BCUT2D eigenvalue weighted by atomic mass is 10.0. The molecule has 0 radical (unpaired) electrons. The molecular weight excluding hydrogens is 312 g/mol. The fraction of sp³-hybridized carbons (Fsp3) is 0.750. The molecule has 1 aromatic heterocycles. The van der Waals surface area contributed by atoms with Crippen LogP contribution >= 0.6 is 27.7 Å². The summed E-state index contributed by atoms with van der Waals surface area (Å²) in [5.41, 5.74) is 5.36. The first-order valence-electron chi connectivity index (χ1n) is 6.45. The van der Waals surface area contributed by atoms with E-state index in [4.69, 9.17) is 5.84 Å². The summed E-state index contributed by atoms with van der Waals surface area (Å²) < 4.78 is 3.13. The van der Waals surface area contributed by atoms with Gasteiger partial charge in [0.2, 0.25) is 0 Å². The second kappa shape index (κ2) is 6.41. The first-order chi connectivity index (χ1) is 8.67. The number of thioether (sulfide) groups is 1. The highest BCUT2D eigenvalue weighted by Crippen LogP contribution is 2.31. The fourth-order valence-corrected chi connectivity index (χ4v) is 4.62. The molecule has 2 unspecified atom stereocenters. The van der Waals surface area contributed by atoms with Crippen molar-refractivity contribution in [2.75, 3.05) is 5.75 Å². The Morgan fingerprint density at radius 1 is 1.67 bits per heavy atom. The van der Waals surface area contributed by atoms with Crippen LogP contribution in [0, 0.1) is 0 Å². The van der Waals surface area contributed by atoms with E-state index in [1.165, 1.54) is 24.3 Å². The molecule has 0 aliphatic carbocycles. The third-order valence-corrected chi connectivity index (χ3v) is 5.98. The van der Waals surface area contributed by atoms with Gasteiger partial charge in [0, 0.05) is 24.8 Å². The van der Waals surface area contributed by atoms with E-state index in [9.17, 15) is 0 Å². The molecule has 0 aromatic carbocycles. The summed E-state index contributed by atoms with van der Waals surface area (Å²) in [6.07, 6.45) is 4.45. The van der Waals surface area contributed by atoms with Gasteiger partial charge >= 0.3 is 0 Å². The van der Waals surface area contributed by atoms with Crippen LogP contribution in [0.1, 0.15) is 31.2 Å². The Morgan fingerprint density at radius 3 is 2.94 bits per heavy atom. The molecule has 1 aliphatic heterocycles. The van der Waals surface area contributed by atoms with Crippen LogP contribution in [-0.4, -0.2) is 26.8 Å². The van der Waals surface area contributed by atoms with Gasteiger partial charge in [-0.3, -0.25) is 16.0 Å².